The van der Waals surface area contributed by atoms with Crippen LogP contribution in [-0.4, -0.2) is 27.3 Å². The fourth-order valence-corrected chi connectivity index (χ4v) is 1.46. The summed E-state index contributed by atoms with van der Waals surface area (Å²) in [6.45, 7) is 2.10. The summed E-state index contributed by atoms with van der Waals surface area (Å²) in [7, 11) is 0. The number of nitrogen functional groups attached to an aromatic ring is 1. The molecule has 17 heavy (non-hydrogen) atoms. The van der Waals surface area contributed by atoms with Crippen LogP contribution >= 0.6 is 0 Å². The van der Waals surface area contributed by atoms with E-state index in [9.17, 15) is 4.79 Å². The molecule has 0 spiro atoms. The summed E-state index contributed by atoms with van der Waals surface area (Å²) >= 11 is 0. The first-order valence-corrected chi connectivity index (χ1v) is 5.14. The summed E-state index contributed by atoms with van der Waals surface area (Å²) in [6.07, 6.45) is 3.07. The van der Waals surface area contributed by atoms with Gasteiger partial charge < -0.3 is 10.5 Å². The Morgan fingerprint density at radius 1 is 1.41 bits per heavy atom. The lowest BCUT2D eigenvalue weighted by Crippen LogP contribution is -2.06. The van der Waals surface area contributed by atoms with Gasteiger partial charge in [0, 0.05) is 0 Å². The van der Waals surface area contributed by atoms with E-state index >= 15 is 0 Å². The Balaban J connectivity index is 2.32. The smallest absolute Gasteiger partial charge is 0.338 e. The molecular formula is C11H12N4O2. The second-order valence-corrected chi connectivity index (χ2v) is 3.36. The Kier molecular flexibility index (Phi) is 3.04. The van der Waals surface area contributed by atoms with Gasteiger partial charge in [0.1, 0.15) is 12.7 Å². The van der Waals surface area contributed by atoms with Gasteiger partial charge in [-0.25, -0.2) is 4.79 Å². The molecule has 2 aromatic rings. The third-order valence-corrected chi connectivity index (χ3v) is 2.24. The van der Waals surface area contributed by atoms with Gasteiger partial charge in [-0.1, -0.05) is 0 Å². The zero-order valence-electron chi connectivity index (χ0n) is 9.33. The molecule has 1 aromatic carbocycles. The average Bonchev–Trinajstić information content (AvgIpc) is 2.82. The van der Waals surface area contributed by atoms with E-state index in [0.717, 1.165) is 5.69 Å². The van der Waals surface area contributed by atoms with Crippen LogP contribution in [0.4, 0.5) is 5.69 Å². The van der Waals surface area contributed by atoms with Crippen molar-refractivity contribution in [2.45, 2.75) is 6.92 Å². The predicted molar refractivity (Wildman–Crippen MR) is 61.7 cm³/mol. The van der Waals surface area contributed by atoms with Crippen LogP contribution < -0.4 is 5.73 Å². The summed E-state index contributed by atoms with van der Waals surface area (Å²) in [5.74, 6) is -0.380. The average molecular weight is 232 g/mol. The predicted octanol–water partition coefficient (Wildman–Crippen LogP) is 1.03. The van der Waals surface area contributed by atoms with Crippen LogP contribution in [0.3, 0.4) is 0 Å². The van der Waals surface area contributed by atoms with Crippen LogP contribution in [0.1, 0.15) is 17.3 Å². The number of benzene rings is 1. The number of hydrogen-bond donors (Lipinski definition) is 1. The van der Waals surface area contributed by atoms with Gasteiger partial charge in [-0.3, -0.25) is 4.57 Å². The number of esters is 1. The lowest BCUT2D eigenvalue weighted by Gasteiger charge is -2.07. The van der Waals surface area contributed by atoms with Crippen LogP contribution in [0.2, 0.25) is 0 Å². The molecule has 0 aliphatic carbocycles. The monoisotopic (exact) mass is 232 g/mol. The third kappa shape index (κ3) is 2.25. The second-order valence-electron chi connectivity index (χ2n) is 3.36. The highest BCUT2D eigenvalue weighted by Crippen LogP contribution is 2.18. The maximum atomic E-state index is 11.5. The summed E-state index contributed by atoms with van der Waals surface area (Å²) in [6, 6.07) is 4.96. The molecule has 1 aromatic heterocycles. The first kappa shape index (κ1) is 11.1. The molecule has 88 valence electrons. The van der Waals surface area contributed by atoms with Gasteiger partial charge >= 0.3 is 5.97 Å². The van der Waals surface area contributed by atoms with Crippen molar-refractivity contribution in [3.05, 3.63) is 36.4 Å². The summed E-state index contributed by atoms with van der Waals surface area (Å²) in [5, 5.41) is 7.38. The number of carbonyl (C=O) groups is 1. The number of carbonyl (C=O) groups excluding carboxylic acids is 1. The van der Waals surface area contributed by atoms with Crippen LogP contribution in [0.5, 0.6) is 0 Å². The van der Waals surface area contributed by atoms with Gasteiger partial charge in [-0.05, 0) is 25.1 Å². The van der Waals surface area contributed by atoms with Crippen molar-refractivity contribution < 1.29 is 9.53 Å². The Morgan fingerprint density at radius 2 is 2.12 bits per heavy atom. The van der Waals surface area contributed by atoms with Crippen molar-refractivity contribution in [3.8, 4) is 5.69 Å². The van der Waals surface area contributed by atoms with Gasteiger partial charge in [0.15, 0.2) is 0 Å². The maximum Gasteiger partial charge on any atom is 0.338 e. The van der Waals surface area contributed by atoms with Crippen molar-refractivity contribution in [1.29, 1.82) is 0 Å². The number of aromatic nitrogens is 3. The third-order valence-electron chi connectivity index (χ3n) is 2.24. The minimum Gasteiger partial charge on any atom is -0.462 e. The lowest BCUT2D eigenvalue weighted by atomic mass is 10.1. The molecule has 0 amide bonds. The van der Waals surface area contributed by atoms with Crippen LogP contribution in [0.15, 0.2) is 30.9 Å². The largest absolute Gasteiger partial charge is 0.462 e. The standard InChI is InChI=1S/C11H12N4O2/c1-2-17-11(16)8-3-4-10(9(12)5-8)15-6-13-14-7-15/h3-7H,2,12H2,1H3. The SMILES string of the molecule is CCOC(=O)c1ccc(-n2cnnc2)c(N)c1. The fraction of sp³-hybridized carbons (Fsp3) is 0.182. The highest BCUT2D eigenvalue weighted by atomic mass is 16.5. The van der Waals surface area contributed by atoms with E-state index in [1.54, 1.807) is 29.7 Å². The topological polar surface area (TPSA) is 83.0 Å². The molecule has 0 radical (unpaired) electrons. The zero-order valence-corrected chi connectivity index (χ0v) is 9.33. The van der Waals surface area contributed by atoms with Crippen LogP contribution in [0, 0.1) is 0 Å². The Hall–Kier alpha value is -2.37. The van der Waals surface area contributed by atoms with Crippen LogP contribution in [0.25, 0.3) is 5.69 Å². The highest BCUT2D eigenvalue weighted by molar-refractivity contribution is 5.91. The Bertz CT molecular complexity index is 522. The van der Waals surface area contributed by atoms with Gasteiger partial charge in [-0.2, -0.15) is 0 Å². The molecule has 0 bridgehead atoms. The van der Waals surface area contributed by atoms with Gasteiger partial charge in [0.25, 0.3) is 0 Å². The summed E-state index contributed by atoms with van der Waals surface area (Å²) in [4.78, 5) is 11.5. The van der Waals surface area contributed by atoms with Crippen molar-refractivity contribution in [3.63, 3.8) is 0 Å². The number of anilines is 1. The molecule has 2 N–H and O–H groups in total. The van der Waals surface area contributed by atoms with E-state index in [1.165, 1.54) is 12.7 Å². The van der Waals surface area contributed by atoms with Crippen molar-refractivity contribution >= 4 is 11.7 Å². The normalized spacial score (nSPS) is 10.2. The fourth-order valence-electron chi connectivity index (χ4n) is 1.46. The minimum atomic E-state index is -0.380. The molecule has 6 heteroatoms. The molecule has 0 atom stereocenters. The molecule has 0 aliphatic heterocycles. The molecule has 0 saturated heterocycles. The molecule has 0 aliphatic rings. The molecule has 2 rings (SSSR count). The maximum absolute atomic E-state index is 11.5. The van der Waals surface area contributed by atoms with E-state index < -0.39 is 0 Å². The van der Waals surface area contributed by atoms with Crippen molar-refractivity contribution in [2.24, 2.45) is 0 Å². The quantitative estimate of drug-likeness (QED) is 0.631. The number of ether oxygens (including phenoxy) is 1. The Labute approximate surface area is 98.0 Å². The number of nitrogens with two attached hydrogens (primary N) is 1. The number of hydrogen-bond acceptors (Lipinski definition) is 5. The second kappa shape index (κ2) is 4.65. The van der Waals surface area contributed by atoms with Crippen molar-refractivity contribution in [2.75, 3.05) is 12.3 Å². The molecular weight excluding hydrogens is 220 g/mol. The number of rotatable bonds is 3. The van der Waals surface area contributed by atoms with E-state index in [2.05, 4.69) is 10.2 Å². The van der Waals surface area contributed by atoms with Crippen LogP contribution in [-0.2, 0) is 4.74 Å². The van der Waals surface area contributed by atoms with Gasteiger partial charge in [-0.15, -0.1) is 10.2 Å². The minimum absolute atomic E-state index is 0.339. The Morgan fingerprint density at radius 3 is 2.71 bits per heavy atom. The summed E-state index contributed by atoms with van der Waals surface area (Å²) < 4.78 is 6.56. The van der Waals surface area contributed by atoms with Gasteiger partial charge in [0.2, 0.25) is 0 Å². The molecule has 6 nitrogen and oxygen atoms in total. The summed E-state index contributed by atoms with van der Waals surface area (Å²) in [5.41, 5.74) is 7.49. The lowest BCUT2D eigenvalue weighted by molar-refractivity contribution is 0.0526. The van der Waals surface area contributed by atoms with Gasteiger partial charge in [0.05, 0.1) is 23.5 Å². The molecule has 0 unspecified atom stereocenters. The molecule has 0 fully saturated rings. The first-order valence-electron chi connectivity index (χ1n) is 5.14. The van der Waals surface area contributed by atoms with E-state index in [0.29, 0.717) is 17.9 Å². The molecule has 0 saturated carbocycles. The van der Waals surface area contributed by atoms with E-state index in [1.807, 2.05) is 0 Å². The first-order chi connectivity index (χ1) is 8.22. The molecule has 1 heterocycles. The van der Waals surface area contributed by atoms with Crippen molar-refractivity contribution in [1.82, 2.24) is 14.8 Å². The zero-order chi connectivity index (χ0) is 12.3. The van der Waals surface area contributed by atoms with E-state index in [4.69, 9.17) is 10.5 Å². The highest BCUT2D eigenvalue weighted by Gasteiger charge is 2.09. The van der Waals surface area contributed by atoms with E-state index in [-0.39, 0.29) is 5.97 Å². The number of nitrogens with zero attached hydrogens (tertiary/aromatic N) is 3.